The van der Waals surface area contributed by atoms with Crippen LogP contribution in [0.25, 0.3) is 0 Å². The van der Waals surface area contributed by atoms with E-state index >= 15 is 0 Å². The Bertz CT molecular complexity index is 826. The molecule has 156 valence electrons. The Morgan fingerprint density at radius 3 is 2.62 bits per heavy atom. The molecular weight excluding hydrogens is 368 g/mol. The van der Waals surface area contributed by atoms with Crippen LogP contribution in [0.15, 0.2) is 18.2 Å². The highest BCUT2D eigenvalue weighted by Gasteiger charge is 2.30. The molecule has 0 bridgehead atoms. The molecule has 1 aliphatic heterocycles. The highest BCUT2D eigenvalue weighted by Crippen LogP contribution is 2.37. The largest absolute Gasteiger partial charge is 0.454 e. The van der Waals surface area contributed by atoms with E-state index in [0.29, 0.717) is 18.1 Å². The summed E-state index contributed by atoms with van der Waals surface area (Å²) in [5, 5.41) is 16.8. The zero-order chi connectivity index (χ0) is 19.6. The zero-order valence-corrected chi connectivity index (χ0v) is 16.8. The van der Waals surface area contributed by atoms with E-state index in [0.717, 1.165) is 61.4 Å². The van der Waals surface area contributed by atoms with Gasteiger partial charge in [-0.25, -0.2) is 4.68 Å². The molecule has 2 aromatic rings. The van der Waals surface area contributed by atoms with Gasteiger partial charge in [0, 0.05) is 12.1 Å². The maximum Gasteiger partial charge on any atom is 0.231 e. The van der Waals surface area contributed by atoms with Gasteiger partial charge in [0.1, 0.15) is 0 Å². The summed E-state index contributed by atoms with van der Waals surface area (Å²) in [5.41, 5.74) is 7.23. The van der Waals surface area contributed by atoms with Gasteiger partial charge >= 0.3 is 0 Å². The molecule has 0 amide bonds. The van der Waals surface area contributed by atoms with Crippen molar-refractivity contribution in [3.8, 4) is 11.5 Å². The van der Waals surface area contributed by atoms with E-state index in [1.807, 2.05) is 6.07 Å². The van der Waals surface area contributed by atoms with Gasteiger partial charge in [0.25, 0.3) is 0 Å². The molecule has 1 aromatic heterocycles. The van der Waals surface area contributed by atoms with Gasteiger partial charge in [-0.15, -0.1) is 5.10 Å². The van der Waals surface area contributed by atoms with Crippen LogP contribution in [0.1, 0.15) is 81.3 Å². The number of benzene rings is 1. The molecular formula is C21H30N6O2. The average molecular weight is 399 g/mol. The smallest absolute Gasteiger partial charge is 0.231 e. The van der Waals surface area contributed by atoms with E-state index in [1.165, 1.54) is 19.3 Å². The molecule has 0 saturated heterocycles. The molecule has 2 fully saturated rings. The summed E-state index contributed by atoms with van der Waals surface area (Å²) in [5.74, 6) is 2.48. The second-order valence-electron chi connectivity index (χ2n) is 8.60. The van der Waals surface area contributed by atoms with Gasteiger partial charge in [-0.1, -0.05) is 25.3 Å². The van der Waals surface area contributed by atoms with Crippen LogP contribution in [-0.2, 0) is 0 Å². The van der Waals surface area contributed by atoms with Crippen molar-refractivity contribution >= 4 is 0 Å². The van der Waals surface area contributed by atoms with Gasteiger partial charge in [-0.05, 0) is 66.6 Å². The van der Waals surface area contributed by atoms with E-state index in [4.69, 9.17) is 15.2 Å². The van der Waals surface area contributed by atoms with Crippen molar-refractivity contribution in [3.63, 3.8) is 0 Å². The van der Waals surface area contributed by atoms with Crippen LogP contribution in [0.4, 0.5) is 0 Å². The molecule has 5 rings (SSSR count). The third kappa shape index (κ3) is 3.96. The molecule has 2 heterocycles. The fraction of sp³-hybridized carbons (Fsp3) is 0.667. The Morgan fingerprint density at radius 1 is 1.00 bits per heavy atom. The van der Waals surface area contributed by atoms with Crippen LogP contribution in [0, 0.1) is 0 Å². The third-order valence-corrected chi connectivity index (χ3v) is 6.60. The first-order chi connectivity index (χ1) is 14.3. The van der Waals surface area contributed by atoms with E-state index < -0.39 is 0 Å². The summed E-state index contributed by atoms with van der Waals surface area (Å²) >= 11 is 0. The third-order valence-electron chi connectivity index (χ3n) is 6.60. The van der Waals surface area contributed by atoms with Crippen LogP contribution < -0.4 is 20.5 Å². The van der Waals surface area contributed by atoms with Gasteiger partial charge in [0.15, 0.2) is 17.3 Å². The molecule has 29 heavy (non-hydrogen) atoms. The lowest BCUT2D eigenvalue weighted by Crippen LogP contribution is -2.40. The van der Waals surface area contributed by atoms with Crippen LogP contribution in [0.3, 0.4) is 0 Å². The first-order valence-corrected chi connectivity index (χ1v) is 11.0. The topological polar surface area (TPSA) is 100 Å². The molecule has 3 N–H and O–H groups in total. The van der Waals surface area contributed by atoms with E-state index in [1.54, 1.807) is 0 Å². The Labute approximate surface area is 171 Å². The number of nitrogens with zero attached hydrogens (tertiary/aromatic N) is 4. The van der Waals surface area contributed by atoms with Gasteiger partial charge in [0.05, 0.1) is 12.1 Å². The van der Waals surface area contributed by atoms with Crippen LogP contribution in [-0.4, -0.2) is 39.1 Å². The van der Waals surface area contributed by atoms with Gasteiger partial charge in [-0.3, -0.25) is 0 Å². The lowest BCUT2D eigenvalue weighted by molar-refractivity contribution is 0.174. The molecule has 0 radical (unpaired) electrons. The molecule has 1 atom stereocenters. The van der Waals surface area contributed by atoms with Crippen molar-refractivity contribution in [2.75, 3.05) is 6.79 Å². The number of hydrogen-bond donors (Lipinski definition) is 2. The number of rotatable bonds is 5. The molecule has 1 aromatic carbocycles. The van der Waals surface area contributed by atoms with E-state index in [2.05, 4.69) is 37.7 Å². The summed E-state index contributed by atoms with van der Waals surface area (Å²) in [6.07, 6.45) is 10.3. The van der Waals surface area contributed by atoms with Crippen molar-refractivity contribution in [3.05, 3.63) is 29.6 Å². The molecule has 8 heteroatoms. The molecule has 0 spiro atoms. The van der Waals surface area contributed by atoms with Gasteiger partial charge in [0.2, 0.25) is 6.79 Å². The Balaban J connectivity index is 1.46. The first-order valence-electron chi connectivity index (χ1n) is 11.0. The summed E-state index contributed by atoms with van der Waals surface area (Å²) in [6, 6.07) is 7.17. The minimum absolute atomic E-state index is 0.0826. The number of hydrogen-bond acceptors (Lipinski definition) is 7. The monoisotopic (exact) mass is 398 g/mol. The SMILES string of the molecule is NC1CCC(NC(c2ccc3c(c2)OCO3)c2nnnn2C2CCCCC2)CC1. The lowest BCUT2D eigenvalue weighted by Gasteiger charge is -2.31. The van der Waals surface area contributed by atoms with Crippen molar-refractivity contribution in [2.45, 2.75) is 82.0 Å². The first kappa shape index (κ1) is 18.8. The number of ether oxygens (including phenoxy) is 2. The predicted octanol–water partition coefficient (Wildman–Crippen LogP) is 2.86. The Hall–Kier alpha value is -2.19. The zero-order valence-electron chi connectivity index (χ0n) is 16.8. The standard InChI is InChI=1S/C21H30N6O2/c22-15-7-9-16(10-8-15)23-20(14-6-11-18-19(12-14)29-13-28-18)21-24-25-26-27(21)17-4-2-1-3-5-17/h6,11-12,15-17,20,23H,1-5,7-10,13,22H2. The second kappa shape index (κ2) is 8.28. The van der Waals surface area contributed by atoms with Crippen molar-refractivity contribution < 1.29 is 9.47 Å². The quantitative estimate of drug-likeness (QED) is 0.799. The maximum atomic E-state index is 6.12. The Morgan fingerprint density at radius 2 is 1.79 bits per heavy atom. The summed E-state index contributed by atoms with van der Waals surface area (Å²) in [6.45, 7) is 0.275. The Kier molecular flexibility index (Phi) is 5.37. The van der Waals surface area contributed by atoms with Crippen molar-refractivity contribution in [1.29, 1.82) is 0 Å². The highest BCUT2D eigenvalue weighted by atomic mass is 16.7. The van der Waals surface area contributed by atoms with Gasteiger partial charge < -0.3 is 20.5 Å². The van der Waals surface area contributed by atoms with E-state index in [9.17, 15) is 0 Å². The summed E-state index contributed by atoms with van der Waals surface area (Å²) in [7, 11) is 0. The summed E-state index contributed by atoms with van der Waals surface area (Å²) < 4.78 is 13.2. The van der Waals surface area contributed by atoms with Crippen molar-refractivity contribution in [2.24, 2.45) is 5.73 Å². The van der Waals surface area contributed by atoms with Gasteiger partial charge in [-0.2, -0.15) is 0 Å². The predicted molar refractivity (Wildman–Crippen MR) is 108 cm³/mol. The maximum absolute atomic E-state index is 6.12. The number of aromatic nitrogens is 4. The fourth-order valence-electron chi connectivity index (χ4n) is 4.91. The van der Waals surface area contributed by atoms with Crippen LogP contribution >= 0.6 is 0 Å². The number of nitrogens with two attached hydrogens (primary N) is 1. The molecule has 3 aliphatic rings. The molecule has 1 unspecified atom stereocenters. The lowest BCUT2D eigenvalue weighted by atomic mass is 9.90. The van der Waals surface area contributed by atoms with E-state index in [-0.39, 0.29) is 12.8 Å². The number of fused-ring (bicyclic) bond motifs is 1. The van der Waals surface area contributed by atoms with Crippen LogP contribution in [0.2, 0.25) is 0 Å². The van der Waals surface area contributed by atoms with Crippen LogP contribution in [0.5, 0.6) is 11.5 Å². The number of nitrogens with one attached hydrogen (secondary N) is 1. The molecule has 8 nitrogen and oxygen atoms in total. The fourth-order valence-corrected chi connectivity index (χ4v) is 4.91. The average Bonchev–Trinajstić information content (AvgIpc) is 3.43. The summed E-state index contributed by atoms with van der Waals surface area (Å²) in [4.78, 5) is 0. The minimum Gasteiger partial charge on any atom is -0.454 e. The van der Waals surface area contributed by atoms with Crippen molar-refractivity contribution in [1.82, 2.24) is 25.5 Å². The molecule has 2 aliphatic carbocycles. The highest BCUT2D eigenvalue weighted by molar-refractivity contribution is 5.46. The normalized spacial score (nSPS) is 25.8. The number of tetrazole rings is 1. The molecule has 2 saturated carbocycles. The minimum atomic E-state index is -0.0826. The second-order valence-corrected chi connectivity index (χ2v) is 8.60.